The van der Waals surface area contributed by atoms with Gasteiger partial charge in [0.15, 0.2) is 16.9 Å². The lowest BCUT2D eigenvalue weighted by molar-refractivity contribution is 0.0594. The number of carbonyl (C=O) groups excluding carboxylic acids is 1. The van der Waals surface area contributed by atoms with E-state index >= 15 is 0 Å². The molecule has 0 aliphatic rings. The predicted octanol–water partition coefficient (Wildman–Crippen LogP) is 2.14. The number of rotatable bonds is 6. The molecule has 0 atom stereocenters. The Kier molecular flexibility index (Phi) is 5.52. The quantitative estimate of drug-likeness (QED) is 0.425. The Bertz CT molecular complexity index is 1420. The van der Waals surface area contributed by atoms with Crippen molar-refractivity contribution in [1.82, 2.24) is 23.7 Å². The zero-order chi connectivity index (χ0) is 23.0. The molecule has 0 aliphatic heterocycles. The van der Waals surface area contributed by atoms with E-state index in [1.165, 1.54) is 28.8 Å². The number of para-hydroxylation sites is 1. The molecule has 0 aliphatic carbocycles. The van der Waals surface area contributed by atoms with Gasteiger partial charge in [-0.25, -0.2) is 24.1 Å². The van der Waals surface area contributed by atoms with Crippen LogP contribution in [0, 0.1) is 12.8 Å². The molecule has 0 fully saturated rings. The largest absolute Gasteiger partial charge is 0.464 e. The van der Waals surface area contributed by atoms with Crippen molar-refractivity contribution >= 4 is 17.1 Å². The molecule has 0 saturated carbocycles. The van der Waals surface area contributed by atoms with Crippen molar-refractivity contribution in [3.05, 3.63) is 74.8 Å². The first kappa shape index (κ1) is 21.3. The average Bonchev–Trinajstić information content (AvgIpc) is 3.39. The van der Waals surface area contributed by atoms with E-state index in [-0.39, 0.29) is 41.8 Å². The minimum absolute atomic E-state index is 0.0287. The highest BCUT2D eigenvalue weighted by Gasteiger charge is 2.21. The van der Waals surface area contributed by atoms with Crippen LogP contribution < -0.4 is 11.2 Å². The van der Waals surface area contributed by atoms with E-state index in [0.717, 1.165) is 5.56 Å². The Morgan fingerprint density at radius 2 is 1.97 bits per heavy atom. The first-order valence-electron chi connectivity index (χ1n) is 10.1. The molecule has 166 valence electrons. The number of hydrogen-bond acceptors (Lipinski definition) is 7. The summed E-state index contributed by atoms with van der Waals surface area (Å²) in [7, 11) is 1.25. The standard InChI is InChI=1S/C22H23N5O5/c1-13(2)9-26-20(28)18-19(27(22(26)30)16-8-6-5-7-14(16)3)23-12-25(18)10-17-24-15(11-32-17)21(29)31-4/h5-8,11-13H,9-10H2,1-4H3. The zero-order valence-electron chi connectivity index (χ0n) is 18.2. The molecule has 32 heavy (non-hydrogen) atoms. The highest BCUT2D eigenvalue weighted by molar-refractivity contribution is 5.86. The van der Waals surface area contributed by atoms with Gasteiger partial charge in [-0.1, -0.05) is 32.0 Å². The van der Waals surface area contributed by atoms with E-state index in [2.05, 4.69) is 14.7 Å². The lowest BCUT2D eigenvalue weighted by Crippen LogP contribution is -2.41. The van der Waals surface area contributed by atoms with Gasteiger partial charge in [-0.3, -0.25) is 9.36 Å². The Morgan fingerprint density at radius 3 is 2.66 bits per heavy atom. The van der Waals surface area contributed by atoms with Crippen LogP contribution in [0.15, 0.2) is 50.9 Å². The van der Waals surface area contributed by atoms with Crippen LogP contribution in [0.2, 0.25) is 0 Å². The van der Waals surface area contributed by atoms with Gasteiger partial charge in [0.1, 0.15) is 12.8 Å². The Hall–Kier alpha value is -3.95. The van der Waals surface area contributed by atoms with Crippen molar-refractivity contribution in [1.29, 1.82) is 0 Å². The van der Waals surface area contributed by atoms with Gasteiger partial charge in [-0.05, 0) is 24.5 Å². The number of esters is 1. The molecule has 0 amide bonds. The number of fused-ring (bicyclic) bond motifs is 1. The molecule has 4 rings (SSSR count). The zero-order valence-corrected chi connectivity index (χ0v) is 18.2. The summed E-state index contributed by atoms with van der Waals surface area (Å²) >= 11 is 0. The van der Waals surface area contributed by atoms with E-state index in [9.17, 15) is 14.4 Å². The number of aryl methyl sites for hydroxylation is 1. The van der Waals surface area contributed by atoms with Crippen molar-refractivity contribution in [3.63, 3.8) is 0 Å². The summed E-state index contributed by atoms with van der Waals surface area (Å²) in [6, 6.07) is 7.42. The van der Waals surface area contributed by atoms with E-state index in [1.807, 2.05) is 45.0 Å². The van der Waals surface area contributed by atoms with Crippen LogP contribution in [0.4, 0.5) is 0 Å². The van der Waals surface area contributed by atoms with Gasteiger partial charge in [0.2, 0.25) is 5.89 Å². The Balaban J connectivity index is 1.94. The van der Waals surface area contributed by atoms with Crippen LogP contribution in [0.5, 0.6) is 0 Å². The molecule has 0 bridgehead atoms. The third-order valence-corrected chi connectivity index (χ3v) is 5.06. The van der Waals surface area contributed by atoms with E-state index in [1.54, 1.807) is 4.57 Å². The van der Waals surface area contributed by atoms with Crippen molar-refractivity contribution < 1.29 is 13.9 Å². The molecule has 0 spiro atoms. The number of oxazole rings is 1. The van der Waals surface area contributed by atoms with Gasteiger partial charge in [-0.15, -0.1) is 0 Å². The van der Waals surface area contributed by atoms with Gasteiger partial charge in [-0.2, -0.15) is 0 Å². The number of ether oxygens (including phenoxy) is 1. The molecule has 3 aromatic heterocycles. The molecule has 4 aromatic rings. The summed E-state index contributed by atoms with van der Waals surface area (Å²) < 4.78 is 14.3. The molecule has 1 aromatic carbocycles. The molecule has 0 N–H and O–H groups in total. The minimum Gasteiger partial charge on any atom is -0.464 e. The molecule has 0 radical (unpaired) electrons. The average molecular weight is 437 g/mol. The summed E-state index contributed by atoms with van der Waals surface area (Å²) in [4.78, 5) is 46.9. The second-order valence-corrected chi connectivity index (χ2v) is 7.88. The second-order valence-electron chi connectivity index (χ2n) is 7.88. The molecular formula is C22H23N5O5. The second kappa shape index (κ2) is 8.29. The van der Waals surface area contributed by atoms with E-state index < -0.39 is 17.2 Å². The highest BCUT2D eigenvalue weighted by Crippen LogP contribution is 2.17. The van der Waals surface area contributed by atoms with Crippen LogP contribution in [0.3, 0.4) is 0 Å². The van der Waals surface area contributed by atoms with Gasteiger partial charge in [0.25, 0.3) is 5.56 Å². The lowest BCUT2D eigenvalue weighted by atomic mass is 10.2. The summed E-state index contributed by atoms with van der Waals surface area (Å²) in [6.45, 7) is 6.08. The molecular weight excluding hydrogens is 414 g/mol. The number of methoxy groups -OCH3 is 1. The third kappa shape index (κ3) is 3.64. The van der Waals surface area contributed by atoms with Gasteiger partial charge in [0.05, 0.1) is 19.1 Å². The molecule has 10 nitrogen and oxygen atoms in total. The topological polar surface area (TPSA) is 114 Å². The van der Waals surface area contributed by atoms with Crippen LogP contribution >= 0.6 is 0 Å². The van der Waals surface area contributed by atoms with Crippen LogP contribution in [0.25, 0.3) is 16.9 Å². The smallest absolute Gasteiger partial charge is 0.360 e. The first-order valence-corrected chi connectivity index (χ1v) is 10.1. The number of imidazole rings is 1. The number of nitrogens with zero attached hydrogens (tertiary/aromatic N) is 5. The fraction of sp³-hybridized carbons (Fsp3) is 0.318. The van der Waals surface area contributed by atoms with Gasteiger partial charge in [0, 0.05) is 6.54 Å². The summed E-state index contributed by atoms with van der Waals surface area (Å²) in [5.74, 6) is -0.342. The van der Waals surface area contributed by atoms with Gasteiger partial charge >= 0.3 is 11.7 Å². The third-order valence-electron chi connectivity index (χ3n) is 5.06. The van der Waals surface area contributed by atoms with Crippen molar-refractivity contribution in [2.24, 2.45) is 5.92 Å². The predicted molar refractivity (Wildman–Crippen MR) is 116 cm³/mol. The molecule has 10 heteroatoms. The lowest BCUT2D eigenvalue weighted by Gasteiger charge is -2.15. The number of benzene rings is 1. The Morgan fingerprint density at radius 1 is 1.22 bits per heavy atom. The fourth-order valence-electron chi connectivity index (χ4n) is 3.58. The van der Waals surface area contributed by atoms with E-state index in [0.29, 0.717) is 5.69 Å². The maximum Gasteiger partial charge on any atom is 0.360 e. The normalized spacial score (nSPS) is 11.4. The fourth-order valence-corrected chi connectivity index (χ4v) is 3.58. The molecule has 0 unspecified atom stereocenters. The van der Waals surface area contributed by atoms with E-state index in [4.69, 9.17) is 4.42 Å². The van der Waals surface area contributed by atoms with Crippen molar-refractivity contribution in [2.45, 2.75) is 33.9 Å². The molecule has 3 heterocycles. The SMILES string of the molecule is COC(=O)c1coc(Cn2cnc3c2c(=O)n(CC(C)C)c(=O)n3-c2ccccc2C)n1. The van der Waals surface area contributed by atoms with Gasteiger partial charge < -0.3 is 13.7 Å². The first-order chi connectivity index (χ1) is 15.3. The maximum atomic E-state index is 13.4. The van der Waals surface area contributed by atoms with Crippen LogP contribution in [-0.4, -0.2) is 36.7 Å². The Labute approximate surface area is 182 Å². The number of carbonyl (C=O) groups is 1. The maximum absolute atomic E-state index is 13.4. The highest BCUT2D eigenvalue weighted by atomic mass is 16.5. The summed E-state index contributed by atoms with van der Waals surface area (Å²) in [5.41, 5.74) is 1.15. The van der Waals surface area contributed by atoms with Crippen molar-refractivity contribution in [2.75, 3.05) is 7.11 Å². The minimum atomic E-state index is -0.622. The van der Waals surface area contributed by atoms with Crippen molar-refractivity contribution in [3.8, 4) is 5.69 Å². The van der Waals surface area contributed by atoms with Crippen LogP contribution in [0.1, 0.15) is 35.8 Å². The summed E-state index contributed by atoms with van der Waals surface area (Å²) in [5, 5.41) is 0. The summed E-state index contributed by atoms with van der Waals surface area (Å²) in [6.07, 6.45) is 2.66. The molecule has 0 saturated heterocycles. The number of hydrogen-bond donors (Lipinski definition) is 0. The van der Waals surface area contributed by atoms with Crippen LogP contribution in [-0.2, 0) is 17.8 Å². The monoisotopic (exact) mass is 437 g/mol. The number of aromatic nitrogens is 5.